The summed E-state index contributed by atoms with van der Waals surface area (Å²) in [6, 6.07) is 3.77. The van der Waals surface area contributed by atoms with Gasteiger partial charge in [-0.2, -0.15) is 0 Å². The van der Waals surface area contributed by atoms with Crippen molar-refractivity contribution in [2.45, 2.75) is 33.2 Å². The highest BCUT2D eigenvalue weighted by Gasteiger charge is 2.44. The fraction of sp³-hybridized carbons (Fsp3) is 0.333. The maximum Gasteiger partial charge on any atom is 0.336 e. The molecule has 0 radical (unpaired) electrons. The second kappa shape index (κ2) is 6.92. The molecule has 1 fully saturated rings. The number of hydrogen-bond donors (Lipinski definition) is 0. The molecule has 4 amide bonds. The number of amides is 4. The number of imide groups is 2. The third-order valence-corrected chi connectivity index (χ3v) is 4.72. The standard InChI is InChI=1S/C18H17ClN2O5/c1-3-4-5-20-16(23)17(24)21(18(20)25)9-11-7-15(22)26-14-6-10(2)13(19)8-12(11)14/h6-8H,3-5,9H2,1-2H3. The van der Waals surface area contributed by atoms with E-state index in [0.717, 1.165) is 21.8 Å². The maximum absolute atomic E-state index is 12.5. The molecule has 0 N–H and O–H groups in total. The van der Waals surface area contributed by atoms with E-state index >= 15 is 0 Å². The Morgan fingerprint density at radius 3 is 2.42 bits per heavy atom. The molecule has 1 saturated heterocycles. The van der Waals surface area contributed by atoms with Gasteiger partial charge in [0.1, 0.15) is 5.58 Å². The fourth-order valence-electron chi connectivity index (χ4n) is 2.85. The number of unbranched alkanes of at least 4 members (excludes halogenated alkanes) is 1. The number of fused-ring (bicyclic) bond motifs is 1. The first-order chi connectivity index (χ1) is 12.3. The van der Waals surface area contributed by atoms with E-state index in [1.54, 1.807) is 19.1 Å². The van der Waals surface area contributed by atoms with Crippen LogP contribution in [-0.4, -0.2) is 34.2 Å². The van der Waals surface area contributed by atoms with E-state index in [4.69, 9.17) is 16.0 Å². The van der Waals surface area contributed by atoms with Crippen LogP contribution in [0.15, 0.2) is 27.4 Å². The number of carbonyl (C=O) groups is 3. The van der Waals surface area contributed by atoms with Crippen molar-refractivity contribution in [3.63, 3.8) is 0 Å². The lowest BCUT2D eigenvalue weighted by atomic mass is 10.1. The molecule has 1 aromatic carbocycles. The van der Waals surface area contributed by atoms with Gasteiger partial charge >= 0.3 is 23.5 Å². The van der Waals surface area contributed by atoms with Gasteiger partial charge in [0.15, 0.2) is 0 Å². The van der Waals surface area contributed by atoms with Crippen LogP contribution in [0.1, 0.15) is 30.9 Å². The summed E-state index contributed by atoms with van der Waals surface area (Å²) >= 11 is 6.15. The number of carbonyl (C=O) groups excluding carboxylic acids is 3. The number of hydrogen-bond acceptors (Lipinski definition) is 5. The number of aryl methyl sites for hydroxylation is 1. The Morgan fingerprint density at radius 2 is 1.73 bits per heavy atom. The van der Waals surface area contributed by atoms with Gasteiger partial charge in [0.2, 0.25) is 0 Å². The quantitative estimate of drug-likeness (QED) is 0.455. The van der Waals surface area contributed by atoms with Crippen molar-refractivity contribution >= 4 is 40.4 Å². The summed E-state index contributed by atoms with van der Waals surface area (Å²) in [5.41, 5.74) is 0.823. The maximum atomic E-state index is 12.5. The molecule has 0 unspecified atom stereocenters. The predicted octanol–water partition coefficient (Wildman–Crippen LogP) is 2.85. The first-order valence-corrected chi connectivity index (χ1v) is 8.61. The zero-order chi connectivity index (χ0) is 19.0. The van der Waals surface area contributed by atoms with Gasteiger partial charge in [-0.15, -0.1) is 0 Å². The second-order valence-corrected chi connectivity index (χ2v) is 6.58. The molecule has 2 aromatic rings. The molecule has 0 saturated carbocycles. The fourth-order valence-corrected chi connectivity index (χ4v) is 3.02. The summed E-state index contributed by atoms with van der Waals surface area (Å²) in [7, 11) is 0. The topological polar surface area (TPSA) is 87.9 Å². The highest BCUT2D eigenvalue weighted by atomic mass is 35.5. The van der Waals surface area contributed by atoms with Crippen molar-refractivity contribution in [2.75, 3.05) is 6.54 Å². The average molecular weight is 377 g/mol. The van der Waals surface area contributed by atoms with Gasteiger partial charge in [0, 0.05) is 23.0 Å². The van der Waals surface area contributed by atoms with Gasteiger partial charge in [-0.3, -0.25) is 19.4 Å². The van der Waals surface area contributed by atoms with Gasteiger partial charge in [-0.1, -0.05) is 24.9 Å². The monoisotopic (exact) mass is 376 g/mol. The molecule has 0 bridgehead atoms. The molecule has 26 heavy (non-hydrogen) atoms. The molecule has 2 heterocycles. The van der Waals surface area contributed by atoms with Gasteiger partial charge in [0.25, 0.3) is 0 Å². The van der Waals surface area contributed by atoms with Gasteiger partial charge in [-0.05, 0) is 36.6 Å². The van der Waals surface area contributed by atoms with Crippen molar-refractivity contribution in [2.24, 2.45) is 0 Å². The molecule has 8 heteroatoms. The molecule has 0 aliphatic carbocycles. The molecular weight excluding hydrogens is 360 g/mol. The lowest BCUT2D eigenvalue weighted by Gasteiger charge is -2.16. The van der Waals surface area contributed by atoms with Crippen LogP contribution in [0.25, 0.3) is 11.0 Å². The van der Waals surface area contributed by atoms with Gasteiger partial charge in [-0.25, -0.2) is 9.59 Å². The summed E-state index contributed by atoms with van der Waals surface area (Å²) in [5.74, 6) is -1.74. The summed E-state index contributed by atoms with van der Waals surface area (Å²) in [6.07, 6.45) is 1.40. The number of rotatable bonds is 5. The molecule has 7 nitrogen and oxygen atoms in total. The number of nitrogens with zero attached hydrogens (tertiary/aromatic N) is 2. The lowest BCUT2D eigenvalue weighted by Crippen LogP contribution is -2.33. The highest BCUT2D eigenvalue weighted by Crippen LogP contribution is 2.27. The number of halogens is 1. The Kier molecular flexibility index (Phi) is 4.82. The summed E-state index contributed by atoms with van der Waals surface area (Å²) in [4.78, 5) is 50.4. The van der Waals surface area contributed by atoms with E-state index in [1.807, 2.05) is 6.92 Å². The normalized spacial score (nSPS) is 14.8. The van der Waals surface area contributed by atoms with Crippen LogP contribution < -0.4 is 5.63 Å². The minimum absolute atomic E-state index is 0.194. The Bertz CT molecular complexity index is 981. The Hall–Kier alpha value is -2.67. The van der Waals surface area contributed by atoms with E-state index < -0.39 is 23.5 Å². The highest BCUT2D eigenvalue weighted by molar-refractivity contribution is 6.44. The van der Waals surface area contributed by atoms with Crippen LogP contribution in [0.5, 0.6) is 0 Å². The predicted molar refractivity (Wildman–Crippen MR) is 94.8 cm³/mol. The van der Waals surface area contributed by atoms with E-state index in [9.17, 15) is 19.2 Å². The van der Waals surface area contributed by atoms with Crippen molar-refractivity contribution < 1.29 is 18.8 Å². The van der Waals surface area contributed by atoms with Crippen LogP contribution in [0.2, 0.25) is 5.02 Å². The molecule has 0 spiro atoms. The van der Waals surface area contributed by atoms with Crippen LogP contribution in [0.4, 0.5) is 4.79 Å². The van der Waals surface area contributed by atoms with Crippen molar-refractivity contribution in [3.8, 4) is 0 Å². The first-order valence-electron chi connectivity index (χ1n) is 8.23. The third kappa shape index (κ3) is 3.10. The Labute approximate surface area is 154 Å². The van der Waals surface area contributed by atoms with Crippen LogP contribution in [-0.2, 0) is 16.1 Å². The van der Waals surface area contributed by atoms with E-state index in [0.29, 0.717) is 28.0 Å². The van der Waals surface area contributed by atoms with Crippen LogP contribution in [0, 0.1) is 6.92 Å². The van der Waals surface area contributed by atoms with Crippen molar-refractivity contribution in [3.05, 3.63) is 44.8 Å². The molecule has 3 rings (SSSR count). The summed E-state index contributed by atoms with van der Waals surface area (Å²) in [5, 5.41) is 0.979. The Balaban J connectivity index is 2.00. The molecular formula is C18H17ClN2O5. The first kappa shape index (κ1) is 18.1. The molecule has 1 aliphatic rings. The number of benzene rings is 1. The third-order valence-electron chi connectivity index (χ3n) is 4.31. The smallest absolute Gasteiger partial charge is 0.336 e. The van der Waals surface area contributed by atoms with Crippen molar-refractivity contribution in [1.82, 2.24) is 9.80 Å². The number of urea groups is 1. The van der Waals surface area contributed by atoms with Crippen LogP contribution >= 0.6 is 11.6 Å². The zero-order valence-electron chi connectivity index (χ0n) is 14.4. The SMILES string of the molecule is CCCCN1C(=O)C(=O)N(Cc2cc(=O)oc3cc(C)c(Cl)cc23)C1=O. The Morgan fingerprint density at radius 1 is 1.04 bits per heavy atom. The van der Waals surface area contributed by atoms with Gasteiger partial charge < -0.3 is 4.42 Å². The van der Waals surface area contributed by atoms with E-state index in [1.165, 1.54) is 6.07 Å². The average Bonchev–Trinajstić information content (AvgIpc) is 2.78. The molecule has 0 atom stereocenters. The second-order valence-electron chi connectivity index (χ2n) is 6.17. The molecule has 136 valence electrons. The zero-order valence-corrected chi connectivity index (χ0v) is 15.1. The minimum Gasteiger partial charge on any atom is -0.423 e. The van der Waals surface area contributed by atoms with Crippen LogP contribution in [0.3, 0.4) is 0 Å². The molecule has 1 aromatic heterocycles. The van der Waals surface area contributed by atoms with E-state index in [-0.39, 0.29) is 13.1 Å². The lowest BCUT2D eigenvalue weighted by molar-refractivity contribution is -0.143. The summed E-state index contributed by atoms with van der Waals surface area (Å²) < 4.78 is 5.17. The largest absolute Gasteiger partial charge is 0.423 e. The molecule has 1 aliphatic heterocycles. The minimum atomic E-state index is -0.897. The summed E-state index contributed by atoms with van der Waals surface area (Å²) in [6.45, 7) is 3.69. The van der Waals surface area contributed by atoms with Gasteiger partial charge in [0.05, 0.1) is 6.54 Å². The van der Waals surface area contributed by atoms with E-state index in [2.05, 4.69) is 0 Å². The van der Waals surface area contributed by atoms with Crippen molar-refractivity contribution in [1.29, 1.82) is 0 Å².